The maximum atomic E-state index is 14.8. The van der Waals surface area contributed by atoms with Gasteiger partial charge in [0.05, 0.1) is 11.9 Å². The number of rotatable bonds is 3. The number of ether oxygens (including phenoxy) is 1. The third-order valence-corrected chi connectivity index (χ3v) is 6.50. The lowest BCUT2D eigenvalue weighted by Crippen LogP contribution is -2.50. The van der Waals surface area contributed by atoms with Crippen molar-refractivity contribution in [3.05, 3.63) is 42.5 Å². The van der Waals surface area contributed by atoms with E-state index in [0.29, 0.717) is 43.3 Å². The molecule has 2 aliphatic rings. The van der Waals surface area contributed by atoms with Gasteiger partial charge < -0.3 is 24.8 Å². The molecule has 11 heteroatoms. The lowest BCUT2D eigenvalue weighted by molar-refractivity contribution is 0.0240. The number of halogens is 1. The van der Waals surface area contributed by atoms with Crippen LogP contribution >= 0.6 is 0 Å². The Bertz CT molecular complexity index is 1310. The predicted octanol–water partition coefficient (Wildman–Crippen LogP) is 4.22. The second-order valence-corrected chi connectivity index (χ2v) is 10.4. The lowest BCUT2D eigenvalue weighted by Gasteiger charge is -2.36. The monoisotopic (exact) mass is 509 g/mol. The molecule has 5 rings (SSSR count). The Hall–Kier alpha value is -3.89. The third kappa shape index (κ3) is 5.45. The first-order valence-corrected chi connectivity index (χ1v) is 12.6. The van der Waals surface area contributed by atoms with Gasteiger partial charge in [-0.3, -0.25) is 4.40 Å². The summed E-state index contributed by atoms with van der Waals surface area (Å²) >= 11 is 0. The van der Waals surface area contributed by atoms with E-state index in [4.69, 9.17) is 4.74 Å². The number of nitrogens with one attached hydrogen (secondary N) is 1. The fourth-order valence-electron chi connectivity index (χ4n) is 4.61. The van der Waals surface area contributed by atoms with Crippen molar-refractivity contribution < 1.29 is 18.7 Å². The van der Waals surface area contributed by atoms with Crippen molar-refractivity contribution in [3.63, 3.8) is 0 Å². The molecule has 1 N–H and O–H groups in total. The van der Waals surface area contributed by atoms with Gasteiger partial charge in [-0.15, -0.1) is 0 Å². The Morgan fingerprint density at radius 2 is 1.73 bits per heavy atom. The second-order valence-electron chi connectivity index (χ2n) is 10.4. The van der Waals surface area contributed by atoms with E-state index in [-0.39, 0.29) is 17.7 Å². The van der Waals surface area contributed by atoms with Gasteiger partial charge in [0.2, 0.25) is 5.78 Å². The quantitative estimate of drug-likeness (QED) is 0.568. The molecule has 0 atom stereocenters. The molecule has 0 unspecified atom stereocenters. The number of aromatic nitrogens is 3. The number of carbonyl (C=O) groups is 2. The molecule has 3 amide bonds. The van der Waals surface area contributed by atoms with Crippen LogP contribution in [-0.4, -0.2) is 81.2 Å². The summed E-state index contributed by atoms with van der Waals surface area (Å²) in [5.74, 6) is 0.860. The smallest absolute Gasteiger partial charge is 0.410 e. The van der Waals surface area contributed by atoms with Crippen molar-refractivity contribution in [1.29, 1.82) is 0 Å². The molecule has 3 aromatic rings. The zero-order valence-corrected chi connectivity index (χ0v) is 21.4. The standard InChI is InChI=1S/C26H32FN7O3/c1-26(2,3)37-25(36)33-14-12-31(13-15-33)22-17-28-23-30-21(8-11-34(22)23)19-16-18(6-7-20(19)27)29-24(35)32-9-4-5-10-32/h6-8,11,16-17H,4-5,9-10,12-15H2,1-3H3,(H,29,35). The van der Waals surface area contributed by atoms with Crippen molar-refractivity contribution >= 4 is 29.4 Å². The SMILES string of the molecule is CC(C)(C)OC(=O)N1CCN(c2cnc3nc(-c4cc(NC(=O)N5CCCC5)ccc4F)ccn23)CC1. The van der Waals surface area contributed by atoms with Gasteiger partial charge in [0.1, 0.15) is 17.2 Å². The summed E-state index contributed by atoms with van der Waals surface area (Å²) in [6, 6.07) is 6.04. The Balaban J connectivity index is 1.30. The van der Waals surface area contributed by atoms with Gasteiger partial charge in [0.15, 0.2) is 0 Å². The number of piperazine rings is 1. The van der Waals surface area contributed by atoms with Crippen LogP contribution in [0.15, 0.2) is 36.7 Å². The third-order valence-electron chi connectivity index (χ3n) is 6.50. The van der Waals surface area contributed by atoms with E-state index in [1.165, 1.54) is 6.07 Å². The van der Waals surface area contributed by atoms with Crippen molar-refractivity contribution in [2.45, 2.75) is 39.2 Å². The minimum Gasteiger partial charge on any atom is -0.444 e. The number of amides is 3. The van der Waals surface area contributed by atoms with E-state index in [0.717, 1.165) is 31.7 Å². The maximum Gasteiger partial charge on any atom is 0.410 e. The first-order chi connectivity index (χ1) is 17.7. The van der Waals surface area contributed by atoms with E-state index in [2.05, 4.69) is 20.2 Å². The number of anilines is 2. The van der Waals surface area contributed by atoms with Crippen molar-refractivity contribution in [1.82, 2.24) is 24.2 Å². The zero-order chi connectivity index (χ0) is 26.2. The number of carbonyl (C=O) groups excluding carboxylic acids is 2. The predicted molar refractivity (Wildman–Crippen MR) is 138 cm³/mol. The number of likely N-dealkylation sites (tertiary alicyclic amines) is 1. The molecule has 0 bridgehead atoms. The van der Waals surface area contributed by atoms with E-state index >= 15 is 0 Å². The highest BCUT2D eigenvalue weighted by atomic mass is 19.1. The summed E-state index contributed by atoms with van der Waals surface area (Å²) in [6.45, 7) is 9.36. The highest BCUT2D eigenvalue weighted by Gasteiger charge is 2.27. The first-order valence-electron chi connectivity index (χ1n) is 12.6. The Morgan fingerprint density at radius 3 is 2.43 bits per heavy atom. The fourth-order valence-corrected chi connectivity index (χ4v) is 4.61. The van der Waals surface area contributed by atoms with Crippen molar-refractivity contribution in [3.8, 4) is 11.3 Å². The molecule has 37 heavy (non-hydrogen) atoms. The average Bonchev–Trinajstić information content (AvgIpc) is 3.54. The molecule has 2 fully saturated rings. The molecular weight excluding hydrogens is 477 g/mol. The van der Waals surface area contributed by atoms with Gasteiger partial charge in [-0.25, -0.2) is 23.9 Å². The minimum atomic E-state index is -0.530. The van der Waals surface area contributed by atoms with E-state index in [1.54, 1.807) is 34.2 Å². The van der Waals surface area contributed by atoms with Crippen LogP contribution in [-0.2, 0) is 4.74 Å². The number of fused-ring (bicyclic) bond motifs is 1. The van der Waals surface area contributed by atoms with Crippen molar-refractivity contribution in [2.75, 3.05) is 49.5 Å². The largest absolute Gasteiger partial charge is 0.444 e. The Labute approximate surface area is 215 Å². The topological polar surface area (TPSA) is 95.3 Å². The van der Waals surface area contributed by atoms with Crippen LogP contribution in [0.5, 0.6) is 0 Å². The molecule has 196 valence electrons. The Kier molecular flexibility index (Phi) is 6.61. The van der Waals surface area contributed by atoms with Crippen LogP contribution in [0.1, 0.15) is 33.6 Å². The summed E-state index contributed by atoms with van der Waals surface area (Å²) < 4.78 is 22.1. The summed E-state index contributed by atoms with van der Waals surface area (Å²) in [6.07, 6.45) is 5.24. The van der Waals surface area contributed by atoms with E-state index < -0.39 is 11.4 Å². The second kappa shape index (κ2) is 9.87. The maximum absolute atomic E-state index is 14.8. The Morgan fingerprint density at radius 1 is 1.00 bits per heavy atom. The van der Waals surface area contributed by atoms with Crippen LogP contribution in [0, 0.1) is 5.82 Å². The molecule has 0 radical (unpaired) electrons. The van der Waals surface area contributed by atoms with Gasteiger partial charge in [-0.2, -0.15) is 0 Å². The molecule has 2 aromatic heterocycles. The van der Waals surface area contributed by atoms with Gasteiger partial charge >= 0.3 is 12.1 Å². The van der Waals surface area contributed by atoms with Crippen LogP contribution in [0.4, 0.5) is 25.5 Å². The van der Waals surface area contributed by atoms with Crippen LogP contribution in [0.3, 0.4) is 0 Å². The normalized spacial score (nSPS) is 16.4. The highest BCUT2D eigenvalue weighted by molar-refractivity contribution is 5.90. The molecule has 0 saturated carbocycles. The summed E-state index contributed by atoms with van der Waals surface area (Å²) in [5, 5.41) is 2.86. The van der Waals surface area contributed by atoms with Gasteiger partial charge in [0.25, 0.3) is 0 Å². The lowest BCUT2D eigenvalue weighted by atomic mass is 10.1. The van der Waals surface area contributed by atoms with Gasteiger partial charge in [-0.1, -0.05) is 0 Å². The summed E-state index contributed by atoms with van der Waals surface area (Å²) in [5.41, 5.74) is 0.700. The molecule has 0 spiro atoms. The molecule has 4 heterocycles. The molecule has 10 nitrogen and oxygen atoms in total. The van der Waals surface area contributed by atoms with E-state index in [9.17, 15) is 14.0 Å². The van der Waals surface area contributed by atoms with Crippen molar-refractivity contribution in [2.24, 2.45) is 0 Å². The fraction of sp³-hybridized carbons (Fsp3) is 0.462. The number of nitrogens with zero attached hydrogens (tertiary/aromatic N) is 6. The average molecular weight is 510 g/mol. The zero-order valence-electron chi connectivity index (χ0n) is 21.4. The van der Waals surface area contributed by atoms with E-state index in [1.807, 2.05) is 31.4 Å². The number of benzene rings is 1. The number of hydrogen-bond donors (Lipinski definition) is 1. The summed E-state index contributed by atoms with van der Waals surface area (Å²) in [4.78, 5) is 39.4. The molecule has 2 saturated heterocycles. The number of urea groups is 1. The van der Waals surface area contributed by atoms with Gasteiger partial charge in [0, 0.05) is 56.7 Å². The molecular formula is C26H32FN7O3. The minimum absolute atomic E-state index is 0.178. The molecule has 2 aliphatic heterocycles. The van der Waals surface area contributed by atoms with Crippen LogP contribution < -0.4 is 10.2 Å². The van der Waals surface area contributed by atoms with Gasteiger partial charge in [-0.05, 0) is 57.9 Å². The molecule has 0 aliphatic carbocycles. The highest BCUT2D eigenvalue weighted by Crippen LogP contribution is 2.27. The number of hydrogen-bond acceptors (Lipinski definition) is 6. The number of imidazole rings is 1. The summed E-state index contributed by atoms with van der Waals surface area (Å²) in [7, 11) is 0. The first kappa shape index (κ1) is 24.8. The molecule has 1 aromatic carbocycles. The van der Waals surface area contributed by atoms with Crippen LogP contribution in [0.25, 0.3) is 17.0 Å². The van der Waals surface area contributed by atoms with Crippen LogP contribution in [0.2, 0.25) is 0 Å².